The van der Waals surface area contributed by atoms with Crippen molar-refractivity contribution in [3.05, 3.63) is 36.2 Å². The summed E-state index contributed by atoms with van der Waals surface area (Å²) in [6, 6.07) is 6.23. The average molecular weight is 396 g/mol. The Bertz CT molecular complexity index is 905. The lowest BCUT2D eigenvalue weighted by molar-refractivity contribution is 0.102. The number of methoxy groups -OCH3 is 1. The van der Waals surface area contributed by atoms with Crippen molar-refractivity contribution in [3.8, 4) is 5.75 Å². The number of anilines is 2. The topological polar surface area (TPSA) is 118 Å². The summed E-state index contributed by atoms with van der Waals surface area (Å²) in [5.41, 5.74) is 6.76. The molecule has 1 fully saturated rings. The summed E-state index contributed by atoms with van der Waals surface area (Å²) in [5, 5.41) is 2.66. The van der Waals surface area contributed by atoms with Crippen LogP contribution in [-0.4, -0.2) is 55.3 Å². The molecular formula is C16H20N4O4S2. The van der Waals surface area contributed by atoms with Crippen LogP contribution in [-0.2, 0) is 10.0 Å². The normalized spacial score (nSPS) is 15.6. The number of H-pyrrole nitrogens is 1. The number of hydrogen-bond acceptors (Lipinski definition) is 6. The molecule has 1 aliphatic rings. The van der Waals surface area contributed by atoms with Gasteiger partial charge < -0.3 is 20.8 Å². The van der Waals surface area contributed by atoms with Gasteiger partial charge >= 0.3 is 0 Å². The molecule has 140 valence electrons. The molecule has 0 radical (unpaired) electrons. The van der Waals surface area contributed by atoms with Crippen LogP contribution >= 0.6 is 11.8 Å². The number of nitrogens with one attached hydrogen (secondary N) is 2. The molecule has 0 spiro atoms. The van der Waals surface area contributed by atoms with Gasteiger partial charge in [-0.05, 0) is 18.2 Å². The molecule has 1 aromatic heterocycles. The van der Waals surface area contributed by atoms with E-state index in [0.29, 0.717) is 30.2 Å². The first-order valence-corrected chi connectivity index (χ1v) is 10.5. The molecule has 1 saturated heterocycles. The summed E-state index contributed by atoms with van der Waals surface area (Å²) in [7, 11) is -2.09. The second-order valence-electron chi connectivity index (χ2n) is 5.67. The molecule has 2 aromatic rings. The van der Waals surface area contributed by atoms with Gasteiger partial charge in [0.2, 0.25) is 10.0 Å². The Labute approximate surface area is 156 Å². The summed E-state index contributed by atoms with van der Waals surface area (Å²) in [5.74, 6) is 1.60. The van der Waals surface area contributed by atoms with Crippen molar-refractivity contribution < 1.29 is 17.9 Å². The fraction of sp³-hybridized carbons (Fsp3) is 0.312. The van der Waals surface area contributed by atoms with Crippen LogP contribution in [0.2, 0.25) is 0 Å². The number of aromatic nitrogens is 1. The average Bonchev–Trinajstić information content (AvgIpc) is 3.15. The minimum atomic E-state index is -3.60. The Morgan fingerprint density at radius 2 is 2.04 bits per heavy atom. The highest BCUT2D eigenvalue weighted by Gasteiger charge is 2.27. The summed E-state index contributed by atoms with van der Waals surface area (Å²) in [6.45, 7) is 0.945. The predicted molar refractivity (Wildman–Crippen MR) is 102 cm³/mol. The first-order chi connectivity index (χ1) is 12.4. The Hall–Kier alpha value is -2.17. The molecule has 1 amide bonds. The van der Waals surface area contributed by atoms with Gasteiger partial charge in [0.25, 0.3) is 5.91 Å². The lowest BCUT2D eigenvalue weighted by Crippen LogP contribution is -2.37. The van der Waals surface area contributed by atoms with Gasteiger partial charge in [0.1, 0.15) is 16.3 Å². The van der Waals surface area contributed by atoms with Gasteiger partial charge in [-0.2, -0.15) is 16.1 Å². The Kier molecular flexibility index (Phi) is 5.44. The number of aromatic amines is 1. The zero-order valence-electron chi connectivity index (χ0n) is 14.2. The summed E-state index contributed by atoms with van der Waals surface area (Å²) in [4.78, 5) is 15.2. The number of carbonyl (C=O) groups is 1. The third-order valence-corrected chi connectivity index (χ3v) is 6.84. The van der Waals surface area contributed by atoms with Crippen LogP contribution < -0.4 is 15.8 Å². The van der Waals surface area contributed by atoms with E-state index in [1.807, 2.05) is 0 Å². The van der Waals surface area contributed by atoms with Crippen LogP contribution in [0.4, 0.5) is 11.4 Å². The molecule has 10 heteroatoms. The lowest BCUT2D eigenvalue weighted by atomic mass is 10.2. The van der Waals surface area contributed by atoms with Crippen molar-refractivity contribution >= 4 is 39.1 Å². The molecule has 0 aliphatic carbocycles. The van der Waals surface area contributed by atoms with E-state index in [1.165, 1.54) is 23.7 Å². The maximum Gasteiger partial charge on any atom is 0.272 e. The van der Waals surface area contributed by atoms with Gasteiger partial charge in [0, 0.05) is 36.9 Å². The monoisotopic (exact) mass is 396 g/mol. The van der Waals surface area contributed by atoms with E-state index in [-0.39, 0.29) is 10.6 Å². The quantitative estimate of drug-likeness (QED) is 0.661. The number of sulfonamides is 1. The van der Waals surface area contributed by atoms with E-state index >= 15 is 0 Å². The number of benzene rings is 1. The highest BCUT2D eigenvalue weighted by Crippen LogP contribution is 2.25. The minimum absolute atomic E-state index is 0.0770. The van der Waals surface area contributed by atoms with Gasteiger partial charge in [-0.15, -0.1) is 0 Å². The van der Waals surface area contributed by atoms with Crippen LogP contribution in [0.15, 0.2) is 35.4 Å². The highest BCUT2D eigenvalue weighted by molar-refractivity contribution is 7.99. The highest BCUT2D eigenvalue weighted by atomic mass is 32.2. The molecule has 3 rings (SSSR count). The van der Waals surface area contributed by atoms with E-state index < -0.39 is 15.9 Å². The smallest absolute Gasteiger partial charge is 0.272 e. The first-order valence-electron chi connectivity index (χ1n) is 7.93. The Morgan fingerprint density at radius 1 is 1.31 bits per heavy atom. The van der Waals surface area contributed by atoms with Crippen molar-refractivity contribution in [1.29, 1.82) is 0 Å². The molecular weight excluding hydrogens is 376 g/mol. The Morgan fingerprint density at radius 3 is 2.73 bits per heavy atom. The summed E-state index contributed by atoms with van der Waals surface area (Å²) >= 11 is 1.73. The van der Waals surface area contributed by atoms with Crippen molar-refractivity contribution in [2.75, 3.05) is 42.8 Å². The standard InChI is InChI=1S/C16H20N4O4S2/c1-24-11-2-3-13(17)14(8-11)19-16(21)15-9-12(10-18-15)26(22,23)20-4-6-25-7-5-20/h2-3,8-10,18H,4-7,17H2,1H3,(H,19,21). The second-order valence-corrected chi connectivity index (χ2v) is 8.84. The van der Waals surface area contributed by atoms with Crippen LogP contribution in [0.25, 0.3) is 0 Å². The van der Waals surface area contributed by atoms with E-state index in [9.17, 15) is 13.2 Å². The largest absolute Gasteiger partial charge is 0.497 e. The number of hydrogen-bond donors (Lipinski definition) is 3. The van der Waals surface area contributed by atoms with Gasteiger partial charge in [0.05, 0.1) is 18.5 Å². The SMILES string of the molecule is COc1ccc(N)c(NC(=O)c2cc(S(=O)(=O)N3CCSCC3)c[nH]2)c1. The third-order valence-electron chi connectivity index (χ3n) is 4.02. The van der Waals surface area contributed by atoms with Crippen molar-refractivity contribution in [3.63, 3.8) is 0 Å². The number of carbonyl (C=O) groups excluding carboxylic acids is 1. The number of thioether (sulfide) groups is 1. The van der Waals surface area contributed by atoms with Gasteiger partial charge in [-0.25, -0.2) is 8.42 Å². The molecule has 26 heavy (non-hydrogen) atoms. The summed E-state index contributed by atoms with van der Waals surface area (Å²) in [6.07, 6.45) is 1.33. The maximum atomic E-state index is 12.6. The number of rotatable bonds is 5. The molecule has 0 unspecified atom stereocenters. The number of nitrogens with zero attached hydrogens (tertiary/aromatic N) is 1. The van der Waals surface area contributed by atoms with Gasteiger partial charge in [-0.1, -0.05) is 0 Å². The van der Waals surface area contributed by atoms with E-state index in [0.717, 1.165) is 11.5 Å². The molecule has 0 atom stereocenters. The van der Waals surface area contributed by atoms with E-state index in [4.69, 9.17) is 10.5 Å². The molecule has 1 aliphatic heterocycles. The van der Waals surface area contributed by atoms with Crippen LogP contribution in [0, 0.1) is 0 Å². The number of nitrogens with two attached hydrogens (primary N) is 1. The molecule has 1 aromatic carbocycles. The first kappa shape index (κ1) is 18.6. The fourth-order valence-electron chi connectivity index (χ4n) is 2.55. The second kappa shape index (κ2) is 7.60. The lowest BCUT2D eigenvalue weighted by Gasteiger charge is -2.24. The van der Waals surface area contributed by atoms with E-state index in [1.54, 1.807) is 30.0 Å². The minimum Gasteiger partial charge on any atom is -0.497 e. The molecule has 4 N–H and O–H groups in total. The van der Waals surface area contributed by atoms with Crippen LogP contribution in [0.1, 0.15) is 10.5 Å². The molecule has 0 bridgehead atoms. The van der Waals surface area contributed by atoms with Crippen molar-refractivity contribution in [1.82, 2.24) is 9.29 Å². The van der Waals surface area contributed by atoms with Gasteiger partial charge in [-0.3, -0.25) is 4.79 Å². The fourth-order valence-corrected chi connectivity index (χ4v) is 5.12. The predicted octanol–water partition coefficient (Wildman–Crippen LogP) is 1.60. The van der Waals surface area contributed by atoms with E-state index in [2.05, 4.69) is 10.3 Å². The van der Waals surface area contributed by atoms with Gasteiger partial charge in [0.15, 0.2) is 0 Å². The maximum absolute atomic E-state index is 12.6. The third kappa shape index (κ3) is 3.81. The van der Waals surface area contributed by atoms with Crippen molar-refractivity contribution in [2.45, 2.75) is 4.90 Å². The molecule has 8 nitrogen and oxygen atoms in total. The number of nitrogen functional groups attached to an aromatic ring is 1. The summed E-state index contributed by atoms with van der Waals surface area (Å²) < 4.78 is 31.8. The zero-order chi connectivity index (χ0) is 18.7. The van der Waals surface area contributed by atoms with Crippen molar-refractivity contribution in [2.24, 2.45) is 0 Å². The van der Waals surface area contributed by atoms with Crippen LogP contribution in [0.5, 0.6) is 5.75 Å². The number of amides is 1. The molecule has 2 heterocycles. The Balaban J connectivity index is 1.78. The van der Waals surface area contributed by atoms with Crippen LogP contribution in [0.3, 0.4) is 0 Å². The molecule has 0 saturated carbocycles. The number of ether oxygens (including phenoxy) is 1. The zero-order valence-corrected chi connectivity index (χ0v) is 15.8.